The summed E-state index contributed by atoms with van der Waals surface area (Å²) in [5.41, 5.74) is 2.28. The second-order valence-electron chi connectivity index (χ2n) is 6.43. The lowest BCUT2D eigenvalue weighted by molar-refractivity contribution is 0.0941. The van der Waals surface area contributed by atoms with Crippen LogP contribution in [0.25, 0.3) is 0 Å². The van der Waals surface area contributed by atoms with Crippen LogP contribution in [0, 0.1) is 17.2 Å². The highest BCUT2D eigenvalue weighted by Gasteiger charge is 2.23. The Morgan fingerprint density at radius 3 is 3.00 bits per heavy atom. The van der Waals surface area contributed by atoms with E-state index in [1.165, 1.54) is 0 Å². The molecule has 2 heterocycles. The van der Waals surface area contributed by atoms with Crippen molar-refractivity contribution in [2.24, 2.45) is 5.92 Å². The first kappa shape index (κ1) is 17.2. The number of amides is 1. The minimum Gasteiger partial charge on any atom is -0.350 e. The first-order valence-corrected chi connectivity index (χ1v) is 8.71. The SMILES string of the molecule is CCn1ccc(C(=O)NC[C@H]2CCN(Cc3ccccc3C#N)C2)n1. The molecule has 3 rings (SSSR count). The average molecular weight is 337 g/mol. The van der Waals surface area contributed by atoms with Crippen molar-refractivity contribution in [3.8, 4) is 6.07 Å². The molecule has 6 nitrogen and oxygen atoms in total. The van der Waals surface area contributed by atoms with Crippen LogP contribution in [0.1, 0.15) is 35.0 Å². The van der Waals surface area contributed by atoms with Crippen LogP contribution in [-0.2, 0) is 13.1 Å². The van der Waals surface area contributed by atoms with E-state index in [1.54, 1.807) is 10.7 Å². The van der Waals surface area contributed by atoms with Crippen LogP contribution in [0.4, 0.5) is 0 Å². The van der Waals surface area contributed by atoms with Gasteiger partial charge in [-0.15, -0.1) is 0 Å². The molecular formula is C19H23N5O. The zero-order valence-electron chi connectivity index (χ0n) is 14.5. The zero-order chi connectivity index (χ0) is 17.6. The third kappa shape index (κ3) is 4.25. The number of carbonyl (C=O) groups excluding carboxylic acids is 1. The molecule has 0 unspecified atom stereocenters. The van der Waals surface area contributed by atoms with Crippen LogP contribution in [0.3, 0.4) is 0 Å². The molecule has 0 bridgehead atoms. The van der Waals surface area contributed by atoms with Crippen LogP contribution in [-0.4, -0.2) is 40.2 Å². The number of carbonyl (C=O) groups is 1. The van der Waals surface area contributed by atoms with E-state index in [9.17, 15) is 10.1 Å². The molecule has 25 heavy (non-hydrogen) atoms. The van der Waals surface area contributed by atoms with Crippen LogP contribution >= 0.6 is 0 Å². The Hall–Kier alpha value is -2.65. The molecule has 1 saturated heterocycles. The van der Waals surface area contributed by atoms with Crippen LogP contribution < -0.4 is 5.32 Å². The van der Waals surface area contributed by atoms with Crippen molar-refractivity contribution in [2.75, 3.05) is 19.6 Å². The number of likely N-dealkylation sites (tertiary alicyclic amines) is 1. The number of aryl methyl sites for hydroxylation is 1. The first-order valence-electron chi connectivity index (χ1n) is 8.71. The second-order valence-corrected chi connectivity index (χ2v) is 6.43. The van der Waals surface area contributed by atoms with Gasteiger partial charge in [-0.05, 0) is 43.5 Å². The fraction of sp³-hybridized carbons (Fsp3) is 0.421. The minimum absolute atomic E-state index is 0.111. The van der Waals surface area contributed by atoms with E-state index in [4.69, 9.17) is 0 Å². The first-order chi connectivity index (χ1) is 12.2. The number of nitriles is 1. The minimum atomic E-state index is -0.111. The molecule has 1 atom stereocenters. The van der Waals surface area contributed by atoms with Gasteiger partial charge in [0.2, 0.25) is 0 Å². The predicted molar refractivity (Wildman–Crippen MR) is 94.8 cm³/mol. The van der Waals surface area contributed by atoms with Gasteiger partial charge in [-0.1, -0.05) is 18.2 Å². The maximum absolute atomic E-state index is 12.2. The summed E-state index contributed by atoms with van der Waals surface area (Å²) in [6, 6.07) is 11.7. The molecule has 2 aromatic rings. The fourth-order valence-electron chi connectivity index (χ4n) is 3.22. The monoisotopic (exact) mass is 337 g/mol. The Morgan fingerprint density at radius 2 is 2.24 bits per heavy atom. The van der Waals surface area contributed by atoms with Crippen LogP contribution in [0.5, 0.6) is 0 Å². The molecule has 0 radical (unpaired) electrons. The second kappa shape index (κ2) is 7.95. The maximum atomic E-state index is 12.2. The van der Waals surface area contributed by atoms with Crippen molar-refractivity contribution < 1.29 is 4.79 Å². The molecule has 1 aromatic heterocycles. The zero-order valence-corrected chi connectivity index (χ0v) is 14.5. The Labute approximate surface area is 148 Å². The Balaban J connectivity index is 1.48. The van der Waals surface area contributed by atoms with E-state index in [0.29, 0.717) is 18.2 Å². The van der Waals surface area contributed by atoms with Crippen molar-refractivity contribution in [2.45, 2.75) is 26.4 Å². The molecule has 1 aliphatic rings. The van der Waals surface area contributed by atoms with Crippen LogP contribution in [0.2, 0.25) is 0 Å². The predicted octanol–water partition coefficient (Wildman–Crippen LogP) is 2.03. The standard InChI is InChI=1S/C19H23N5O/c1-2-24-10-8-18(22-24)19(25)21-12-15-7-9-23(13-15)14-17-6-4-3-5-16(17)11-20/h3-6,8,10,15H,2,7,9,12-14H2,1H3,(H,21,25)/t15-/m1/s1. The molecule has 1 aliphatic heterocycles. The largest absolute Gasteiger partial charge is 0.350 e. The normalized spacial score (nSPS) is 17.4. The number of hydrogen-bond acceptors (Lipinski definition) is 4. The summed E-state index contributed by atoms with van der Waals surface area (Å²) in [4.78, 5) is 14.5. The van der Waals surface area contributed by atoms with E-state index in [0.717, 1.165) is 43.7 Å². The number of nitrogens with zero attached hydrogens (tertiary/aromatic N) is 4. The van der Waals surface area contributed by atoms with Gasteiger partial charge < -0.3 is 5.32 Å². The molecule has 130 valence electrons. The highest BCUT2D eigenvalue weighted by Crippen LogP contribution is 2.19. The molecule has 0 aliphatic carbocycles. The summed E-state index contributed by atoms with van der Waals surface area (Å²) >= 11 is 0. The molecule has 1 amide bonds. The van der Waals surface area contributed by atoms with Gasteiger partial charge in [-0.3, -0.25) is 14.4 Å². The number of nitrogens with one attached hydrogen (secondary N) is 1. The summed E-state index contributed by atoms with van der Waals surface area (Å²) in [7, 11) is 0. The van der Waals surface area contributed by atoms with Gasteiger partial charge >= 0.3 is 0 Å². The van der Waals surface area contributed by atoms with Crippen molar-refractivity contribution in [1.29, 1.82) is 5.26 Å². The van der Waals surface area contributed by atoms with Crippen molar-refractivity contribution in [1.82, 2.24) is 20.0 Å². The van der Waals surface area contributed by atoms with Gasteiger partial charge in [0.15, 0.2) is 0 Å². The average Bonchev–Trinajstić information content (AvgIpc) is 3.29. The molecular weight excluding hydrogens is 314 g/mol. The molecule has 1 fully saturated rings. The van der Waals surface area contributed by atoms with Gasteiger partial charge in [0, 0.05) is 32.4 Å². The van der Waals surface area contributed by atoms with Crippen LogP contribution in [0.15, 0.2) is 36.5 Å². The van der Waals surface area contributed by atoms with Crippen molar-refractivity contribution in [3.63, 3.8) is 0 Å². The fourth-order valence-corrected chi connectivity index (χ4v) is 3.22. The van der Waals surface area contributed by atoms with Gasteiger partial charge in [-0.2, -0.15) is 10.4 Å². The van der Waals surface area contributed by atoms with E-state index < -0.39 is 0 Å². The summed E-state index contributed by atoms with van der Waals surface area (Å²) in [6.45, 7) is 6.12. The Kier molecular flexibility index (Phi) is 5.46. The van der Waals surface area contributed by atoms with E-state index in [-0.39, 0.29) is 5.91 Å². The van der Waals surface area contributed by atoms with E-state index >= 15 is 0 Å². The molecule has 0 spiro atoms. The van der Waals surface area contributed by atoms with E-state index in [2.05, 4.69) is 21.4 Å². The van der Waals surface area contributed by atoms with Gasteiger partial charge in [-0.25, -0.2) is 0 Å². The highest BCUT2D eigenvalue weighted by molar-refractivity contribution is 5.92. The smallest absolute Gasteiger partial charge is 0.271 e. The van der Waals surface area contributed by atoms with E-state index in [1.807, 2.05) is 37.4 Å². The maximum Gasteiger partial charge on any atom is 0.271 e. The highest BCUT2D eigenvalue weighted by atomic mass is 16.1. The van der Waals surface area contributed by atoms with Gasteiger partial charge in [0.1, 0.15) is 5.69 Å². The Bertz CT molecular complexity index is 776. The molecule has 1 aromatic carbocycles. The molecule has 0 saturated carbocycles. The van der Waals surface area contributed by atoms with Gasteiger partial charge in [0.25, 0.3) is 5.91 Å². The van der Waals surface area contributed by atoms with Crippen molar-refractivity contribution in [3.05, 3.63) is 53.3 Å². The number of benzene rings is 1. The summed E-state index contributed by atoms with van der Waals surface area (Å²) < 4.78 is 1.75. The lowest BCUT2D eigenvalue weighted by atomic mass is 10.1. The lowest BCUT2D eigenvalue weighted by Crippen LogP contribution is -2.31. The summed E-state index contributed by atoms with van der Waals surface area (Å²) in [5.74, 6) is 0.326. The summed E-state index contributed by atoms with van der Waals surface area (Å²) in [5, 5.41) is 16.4. The number of hydrogen-bond donors (Lipinski definition) is 1. The quantitative estimate of drug-likeness (QED) is 0.875. The topological polar surface area (TPSA) is 74.0 Å². The van der Waals surface area contributed by atoms with Gasteiger partial charge in [0.05, 0.1) is 11.6 Å². The molecule has 1 N–H and O–H groups in total. The molecule has 6 heteroatoms. The summed E-state index contributed by atoms with van der Waals surface area (Å²) in [6.07, 6.45) is 2.87. The Morgan fingerprint density at radius 1 is 1.40 bits per heavy atom. The number of rotatable bonds is 6. The number of aromatic nitrogens is 2. The lowest BCUT2D eigenvalue weighted by Gasteiger charge is -2.17. The third-order valence-electron chi connectivity index (χ3n) is 4.65. The third-order valence-corrected chi connectivity index (χ3v) is 4.65. The van der Waals surface area contributed by atoms with Crippen molar-refractivity contribution >= 4 is 5.91 Å².